The molecule has 4 N–H and O–H groups in total. The maximum atomic E-state index is 10.4. The number of methoxy groups -OCH3 is 1. The van der Waals surface area contributed by atoms with Gasteiger partial charge in [-0.3, -0.25) is 0 Å². The molecule has 2 aromatic rings. The van der Waals surface area contributed by atoms with Crippen LogP contribution in [0.25, 0.3) is 0 Å². The van der Waals surface area contributed by atoms with Gasteiger partial charge in [-0.05, 0) is 56.2 Å². The first-order valence-electron chi connectivity index (χ1n) is 8.41. The van der Waals surface area contributed by atoms with Crippen molar-refractivity contribution in [3.8, 4) is 11.5 Å². The Morgan fingerprint density at radius 3 is 2.56 bits per heavy atom. The predicted molar refractivity (Wildman–Crippen MR) is 101 cm³/mol. The number of rotatable bonds is 7. The van der Waals surface area contributed by atoms with Gasteiger partial charge >= 0.3 is 0 Å². The molecule has 1 unspecified atom stereocenters. The summed E-state index contributed by atoms with van der Waals surface area (Å²) in [5.41, 5.74) is 2.32. The molecule has 0 aliphatic heterocycles. The normalized spacial score (nSPS) is 12.7. The molecule has 0 bridgehead atoms. The van der Waals surface area contributed by atoms with Gasteiger partial charge in [-0.1, -0.05) is 18.2 Å². The number of hydrogen-bond acceptors (Lipinski definition) is 5. The van der Waals surface area contributed by atoms with Gasteiger partial charge < -0.3 is 25.6 Å². The van der Waals surface area contributed by atoms with Crippen molar-refractivity contribution in [2.45, 2.75) is 39.0 Å². The zero-order valence-corrected chi connectivity index (χ0v) is 15.3. The highest BCUT2D eigenvalue weighted by Gasteiger charge is 2.15. The van der Waals surface area contributed by atoms with Crippen molar-refractivity contribution in [3.63, 3.8) is 0 Å². The molecule has 5 nitrogen and oxygen atoms in total. The number of ether oxygens (including phenoxy) is 1. The SMILES string of the molecule is COc1cccc(CNc2cc(C(O)CNC(C)(C)C)ccc2O)c1. The molecule has 0 fully saturated rings. The molecule has 0 aromatic heterocycles. The van der Waals surface area contributed by atoms with E-state index in [1.165, 1.54) is 0 Å². The number of β-amino-alcohol motifs (C(OH)–C–C–N with tert-alkyl or cyclic N) is 1. The Bertz CT molecular complexity index is 696. The van der Waals surface area contributed by atoms with Crippen LogP contribution < -0.4 is 15.4 Å². The quantitative estimate of drug-likeness (QED) is 0.579. The van der Waals surface area contributed by atoms with Gasteiger partial charge in [0.25, 0.3) is 0 Å². The highest BCUT2D eigenvalue weighted by Crippen LogP contribution is 2.28. The Morgan fingerprint density at radius 1 is 1.12 bits per heavy atom. The molecule has 0 aliphatic rings. The van der Waals surface area contributed by atoms with Crippen molar-refractivity contribution in [1.82, 2.24) is 5.32 Å². The number of aliphatic hydroxyl groups is 1. The van der Waals surface area contributed by atoms with Crippen LogP contribution in [0.2, 0.25) is 0 Å². The summed E-state index contributed by atoms with van der Waals surface area (Å²) in [6.45, 7) is 7.15. The Labute approximate surface area is 149 Å². The number of phenols is 1. The van der Waals surface area contributed by atoms with E-state index >= 15 is 0 Å². The summed E-state index contributed by atoms with van der Waals surface area (Å²) in [4.78, 5) is 0. The second-order valence-corrected chi connectivity index (χ2v) is 7.13. The number of aliphatic hydroxyl groups excluding tert-OH is 1. The monoisotopic (exact) mass is 344 g/mol. The third-order valence-corrected chi connectivity index (χ3v) is 3.85. The topological polar surface area (TPSA) is 73.8 Å². The molecule has 2 rings (SSSR count). The molecule has 0 radical (unpaired) electrons. The molecule has 0 amide bonds. The summed E-state index contributed by atoms with van der Waals surface area (Å²) >= 11 is 0. The molecule has 1 atom stereocenters. The number of phenolic OH excluding ortho intramolecular Hbond substituents is 1. The standard InChI is InChI=1S/C20H28N2O3/c1-20(2,3)22-13-19(24)15-8-9-18(23)17(11-15)21-12-14-6-5-7-16(10-14)25-4/h5-11,19,21-24H,12-13H2,1-4H3. The van der Waals surface area contributed by atoms with Crippen molar-refractivity contribution in [1.29, 1.82) is 0 Å². The van der Waals surface area contributed by atoms with E-state index < -0.39 is 6.10 Å². The number of hydrogen-bond donors (Lipinski definition) is 4. The summed E-state index contributed by atoms with van der Waals surface area (Å²) in [5, 5.41) is 26.9. The van der Waals surface area contributed by atoms with Gasteiger partial charge in [0.05, 0.1) is 18.9 Å². The van der Waals surface area contributed by atoms with Gasteiger partial charge in [0, 0.05) is 18.6 Å². The zero-order valence-electron chi connectivity index (χ0n) is 15.3. The van der Waals surface area contributed by atoms with E-state index in [2.05, 4.69) is 31.4 Å². The van der Waals surface area contributed by atoms with Crippen LogP contribution in [0.5, 0.6) is 11.5 Å². The van der Waals surface area contributed by atoms with Crippen LogP contribution in [0.4, 0.5) is 5.69 Å². The largest absolute Gasteiger partial charge is 0.506 e. The Balaban J connectivity index is 2.05. The predicted octanol–water partition coefficient (Wildman–Crippen LogP) is 3.43. The summed E-state index contributed by atoms with van der Waals surface area (Å²) in [6, 6.07) is 12.9. The number of aromatic hydroxyl groups is 1. The number of benzene rings is 2. The van der Waals surface area contributed by atoms with Crippen LogP contribution in [-0.4, -0.2) is 29.4 Å². The van der Waals surface area contributed by atoms with Gasteiger partial charge in [-0.2, -0.15) is 0 Å². The van der Waals surface area contributed by atoms with Crippen LogP contribution in [0.3, 0.4) is 0 Å². The average molecular weight is 344 g/mol. The fourth-order valence-electron chi connectivity index (χ4n) is 2.40. The van der Waals surface area contributed by atoms with Crippen molar-refractivity contribution in [2.24, 2.45) is 0 Å². The van der Waals surface area contributed by atoms with Crippen molar-refractivity contribution < 1.29 is 14.9 Å². The molecule has 2 aromatic carbocycles. The molecule has 0 heterocycles. The first-order chi connectivity index (χ1) is 11.8. The highest BCUT2D eigenvalue weighted by atomic mass is 16.5. The summed E-state index contributed by atoms with van der Waals surface area (Å²) < 4.78 is 5.22. The lowest BCUT2D eigenvalue weighted by Gasteiger charge is -2.23. The van der Waals surface area contributed by atoms with Gasteiger partial charge in [0.1, 0.15) is 11.5 Å². The third kappa shape index (κ3) is 5.96. The molecule has 0 saturated heterocycles. The molecule has 5 heteroatoms. The smallest absolute Gasteiger partial charge is 0.138 e. The minimum absolute atomic E-state index is 0.0641. The van der Waals surface area contributed by atoms with E-state index in [0.717, 1.165) is 16.9 Å². The molecule has 25 heavy (non-hydrogen) atoms. The molecule has 0 spiro atoms. The Hall–Kier alpha value is -2.24. The second-order valence-electron chi connectivity index (χ2n) is 7.13. The van der Waals surface area contributed by atoms with E-state index in [-0.39, 0.29) is 11.3 Å². The molecule has 136 valence electrons. The van der Waals surface area contributed by atoms with E-state index in [1.54, 1.807) is 25.3 Å². The number of nitrogens with one attached hydrogen (secondary N) is 2. The number of anilines is 1. The molecule has 0 saturated carbocycles. The minimum Gasteiger partial charge on any atom is -0.506 e. The third-order valence-electron chi connectivity index (χ3n) is 3.85. The minimum atomic E-state index is -0.641. The van der Waals surface area contributed by atoms with Crippen LogP contribution in [0.1, 0.15) is 38.0 Å². The van der Waals surface area contributed by atoms with E-state index in [4.69, 9.17) is 4.74 Å². The zero-order chi connectivity index (χ0) is 18.4. The average Bonchev–Trinajstić information content (AvgIpc) is 2.58. The van der Waals surface area contributed by atoms with Crippen LogP contribution in [-0.2, 0) is 6.54 Å². The lowest BCUT2D eigenvalue weighted by molar-refractivity contribution is 0.163. The van der Waals surface area contributed by atoms with E-state index in [9.17, 15) is 10.2 Å². The Kier molecular flexibility index (Phi) is 6.28. The highest BCUT2D eigenvalue weighted by molar-refractivity contribution is 5.58. The van der Waals surface area contributed by atoms with Gasteiger partial charge in [-0.15, -0.1) is 0 Å². The lowest BCUT2D eigenvalue weighted by Crippen LogP contribution is -2.38. The Morgan fingerprint density at radius 2 is 1.88 bits per heavy atom. The summed E-state index contributed by atoms with van der Waals surface area (Å²) in [6.07, 6.45) is -0.641. The maximum Gasteiger partial charge on any atom is 0.138 e. The van der Waals surface area contributed by atoms with E-state index in [0.29, 0.717) is 18.8 Å². The van der Waals surface area contributed by atoms with Crippen LogP contribution in [0.15, 0.2) is 42.5 Å². The van der Waals surface area contributed by atoms with Crippen LogP contribution in [0, 0.1) is 0 Å². The lowest BCUT2D eigenvalue weighted by atomic mass is 10.1. The van der Waals surface area contributed by atoms with Crippen LogP contribution >= 0.6 is 0 Å². The van der Waals surface area contributed by atoms with Gasteiger partial charge in [-0.25, -0.2) is 0 Å². The van der Waals surface area contributed by atoms with Gasteiger partial charge in [0.15, 0.2) is 0 Å². The first-order valence-corrected chi connectivity index (χ1v) is 8.41. The molecule has 0 aliphatic carbocycles. The first kappa shape index (κ1) is 19.1. The summed E-state index contributed by atoms with van der Waals surface area (Å²) in [7, 11) is 1.63. The van der Waals surface area contributed by atoms with Crippen molar-refractivity contribution in [2.75, 3.05) is 19.0 Å². The summed E-state index contributed by atoms with van der Waals surface area (Å²) in [5.74, 6) is 0.948. The second kappa shape index (κ2) is 8.23. The van der Waals surface area contributed by atoms with Crippen molar-refractivity contribution in [3.05, 3.63) is 53.6 Å². The van der Waals surface area contributed by atoms with E-state index in [1.807, 2.05) is 24.3 Å². The molecular formula is C20H28N2O3. The van der Waals surface area contributed by atoms with Gasteiger partial charge in [0.2, 0.25) is 0 Å². The van der Waals surface area contributed by atoms with Crippen molar-refractivity contribution >= 4 is 5.69 Å². The fraction of sp³-hybridized carbons (Fsp3) is 0.400. The maximum absolute atomic E-state index is 10.4. The molecular weight excluding hydrogens is 316 g/mol. The fourth-order valence-corrected chi connectivity index (χ4v) is 2.40.